The number of nitrogens with zero attached hydrogens (tertiary/aromatic N) is 2. The van der Waals surface area contributed by atoms with Gasteiger partial charge in [0, 0.05) is 50.0 Å². The SMILES string of the molecule is CCN(CC)C(=O)c1ccc2c(c1)C1C=CCC1C(c1ccc(N(C)C)cc1)N2. The number of benzene rings is 2. The van der Waals surface area contributed by atoms with E-state index in [9.17, 15) is 4.79 Å². The monoisotopic (exact) mass is 389 g/mol. The number of fused-ring (bicyclic) bond motifs is 3. The summed E-state index contributed by atoms with van der Waals surface area (Å²) in [6.45, 7) is 5.54. The number of hydrogen-bond donors (Lipinski definition) is 1. The van der Waals surface area contributed by atoms with Crippen molar-refractivity contribution in [3.8, 4) is 0 Å². The number of nitrogens with one attached hydrogen (secondary N) is 1. The Morgan fingerprint density at radius 1 is 1.07 bits per heavy atom. The van der Waals surface area contributed by atoms with Crippen LogP contribution in [0.2, 0.25) is 0 Å². The molecule has 0 radical (unpaired) electrons. The van der Waals surface area contributed by atoms with Crippen LogP contribution in [-0.2, 0) is 0 Å². The number of carbonyl (C=O) groups excluding carboxylic acids is 1. The Morgan fingerprint density at radius 2 is 1.79 bits per heavy atom. The molecule has 0 saturated heterocycles. The smallest absolute Gasteiger partial charge is 0.253 e. The molecule has 152 valence electrons. The molecule has 0 saturated carbocycles. The van der Waals surface area contributed by atoms with E-state index >= 15 is 0 Å². The Hall–Kier alpha value is -2.75. The first kappa shape index (κ1) is 19.6. The van der Waals surface area contributed by atoms with E-state index in [1.54, 1.807) is 0 Å². The normalized spacial score (nSPS) is 21.9. The second-order valence-corrected chi connectivity index (χ2v) is 8.24. The van der Waals surface area contributed by atoms with Crippen molar-refractivity contribution in [2.24, 2.45) is 5.92 Å². The number of carbonyl (C=O) groups is 1. The molecule has 29 heavy (non-hydrogen) atoms. The second kappa shape index (κ2) is 7.94. The first-order valence-corrected chi connectivity index (χ1v) is 10.7. The van der Waals surface area contributed by atoms with Crippen molar-refractivity contribution in [2.75, 3.05) is 37.4 Å². The van der Waals surface area contributed by atoms with Gasteiger partial charge in [-0.05, 0) is 67.6 Å². The van der Waals surface area contributed by atoms with E-state index in [0.717, 1.165) is 30.8 Å². The van der Waals surface area contributed by atoms with Crippen LogP contribution in [0.3, 0.4) is 0 Å². The maximum atomic E-state index is 12.8. The highest BCUT2D eigenvalue weighted by Gasteiger charge is 2.38. The summed E-state index contributed by atoms with van der Waals surface area (Å²) in [5.41, 5.74) is 5.73. The van der Waals surface area contributed by atoms with Gasteiger partial charge in [0.2, 0.25) is 0 Å². The van der Waals surface area contributed by atoms with Crippen LogP contribution in [0.25, 0.3) is 0 Å². The van der Waals surface area contributed by atoms with Gasteiger partial charge in [-0.15, -0.1) is 0 Å². The zero-order valence-corrected chi connectivity index (χ0v) is 17.9. The summed E-state index contributed by atoms with van der Waals surface area (Å²) < 4.78 is 0. The lowest BCUT2D eigenvalue weighted by molar-refractivity contribution is 0.0773. The summed E-state index contributed by atoms with van der Waals surface area (Å²) in [5, 5.41) is 3.78. The standard InChI is InChI=1S/C25H31N3O/c1-5-28(6-2)25(29)18-12-15-23-22(16-18)20-8-7-9-21(20)24(26-23)17-10-13-19(14-11-17)27(3)4/h7-8,10-16,20-21,24,26H,5-6,9H2,1-4H3. The van der Waals surface area contributed by atoms with E-state index in [1.807, 2.05) is 24.8 Å². The van der Waals surface area contributed by atoms with E-state index in [0.29, 0.717) is 11.8 Å². The number of anilines is 2. The molecule has 2 aliphatic rings. The zero-order chi connectivity index (χ0) is 20.5. The summed E-state index contributed by atoms with van der Waals surface area (Å²) in [6, 6.07) is 15.3. The van der Waals surface area contributed by atoms with Crippen molar-refractivity contribution in [2.45, 2.75) is 32.2 Å². The third kappa shape index (κ3) is 3.52. The minimum absolute atomic E-state index is 0.123. The zero-order valence-electron chi connectivity index (χ0n) is 17.9. The van der Waals surface area contributed by atoms with Crippen LogP contribution in [-0.4, -0.2) is 38.0 Å². The molecule has 0 aromatic heterocycles. The fourth-order valence-corrected chi connectivity index (χ4v) is 4.73. The summed E-state index contributed by atoms with van der Waals surface area (Å²) >= 11 is 0. The van der Waals surface area contributed by atoms with Gasteiger partial charge in [-0.3, -0.25) is 4.79 Å². The number of rotatable bonds is 5. The molecule has 1 aliphatic heterocycles. The quantitative estimate of drug-likeness (QED) is 0.726. The lowest BCUT2D eigenvalue weighted by atomic mass is 9.76. The Kier molecular flexibility index (Phi) is 5.35. The molecule has 4 nitrogen and oxygen atoms in total. The molecule has 4 heteroatoms. The Balaban J connectivity index is 1.66. The molecule has 1 amide bonds. The number of amides is 1. The number of hydrogen-bond acceptors (Lipinski definition) is 3. The molecule has 0 fully saturated rings. The van der Waals surface area contributed by atoms with Crippen LogP contribution >= 0.6 is 0 Å². The highest BCUT2D eigenvalue weighted by atomic mass is 16.2. The highest BCUT2D eigenvalue weighted by molar-refractivity contribution is 5.95. The van der Waals surface area contributed by atoms with Gasteiger partial charge in [-0.25, -0.2) is 0 Å². The van der Waals surface area contributed by atoms with Gasteiger partial charge in [0.15, 0.2) is 0 Å². The first-order valence-electron chi connectivity index (χ1n) is 10.7. The topological polar surface area (TPSA) is 35.6 Å². The molecular weight excluding hydrogens is 358 g/mol. The van der Waals surface area contributed by atoms with Gasteiger partial charge in [-0.1, -0.05) is 24.3 Å². The number of allylic oxidation sites excluding steroid dienone is 2. The lowest BCUT2D eigenvalue weighted by Gasteiger charge is -2.38. The molecule has 0 bridgehead atoms. The lowest BCUT2D eigenvalue weighted by Crippen LogP contribution is -2.32. The predicted octanol–water partition coefficient (Wildman–Crippen LogP) is 5.06. The van der Waals surface area contributed by atoms with E-state index in [-0.39, 0.29) is 11.9 Å². The summed E-state index contributed by atoms with van der Waals surface area (Å²) in [6.07, 6.45) is 5.69. The van der Waals surface area contributed by atoms with E-state index in [1.165, 1.54) is 16.8 Å². The minimum atomic E-state index is 0.123. The molecule has 1 N–H and O–H groups in total. The van der Waals surface area contributed by atoms with Gasteiger partial charge in [-0.2, -0.15) is 0 Å². The molecule has 3 atom stereocenters. The Bertz CT molecular complexity index is 912. The van der Waals surface area contributed by atoms with Crippen molar-refractivity contribution in [1.29, 1.82) is 0 Å². The third-order valence-corrected chi connectivity index (χ3v) is 6.43. The Morgan fingerprint density at radius 3 is 2.45 bits per heavy atom. The van der Waals surface area contributed by atoms with Crippen molar-refractivity contribution in [3.05, 3.63) is 71.3 Å². The summed E-state index contributed by atoms with van der Waals surface area (Å²) in [4.78, 5) is 16.9. The van der Waals surface area contributed by atoms with Gasteiger partial charge >= 0.3 is 0 Å². The van der Waals surface area contributed by atoms with Gasteiger partial charge < -0.3 is 15.1 Å². The fraction of sp³-hybridized carbons (Fsp3) is 0.400. The molecule has 2 aromatic rings. The average molecular weight is 390 g/mol. The van der Waals surface area contributed by atoms with Crippen LogP contribution < -0.4 is 10.2 Å². The largest absolute Gasteiger partial charge is 0.378 e. The predicted molar refractivity (Wildman–Crippen MR) is 121 cm³/mol. The third-order valence-electron chi connectivity index (χ3n) is 6.43. The second-order valence-electron chi connectivity index (χ2n) is 8.24. The molecule has 0 spiro atoms. The van der Waals surface area contributed by atoms with Gasteiger partial charge in [0.1, 0.15) is 0 Å². The Labute approximate surface area is 174 Å². The maximum absolute atomic E-state index is 12.8. The molecule has 2 aromatic carbocycles. The molecule has 1 heterocycles. The minimum Gasteiger partial charge on any atom is -0.378 e. The molecule has 1 aliphatic carbocycles. The summed E-state index contributed by atoms with van der Waals surface area (Å²) in [7, 11) is 4.14. The summed E-state index contributed by atoms with van der Waals surface area (Å²) in [5.74, 6) is 0.957. The highest BCUT2D eigenvalue weighted by Crippen LogP contribution is 2.50. The molecular formula is C25H31N3O. The van der Waals surface area contributed by atoms with Crippen LogP contribution in [0.15, 0.2) is 54.6 Å². The van der Waals surface area contributed by atoms with Crippen molar-refractivity contribution in [3.63, 3.8) is 0 Å². The molecule has 4 rings (SSSR count). The van der Waals surface area contributed by atoms with Crippen LogP contribution in [0, 0.1) is 5.92 Å². The van der Waals surface area contributed by atoms with Crippen LogP contribution in [0.4, 0.5) is 11.4 Å². The maximum Gasteiger partial charge on any atom is 0.253 e. The van der Waals surface area contributed by atoms with E-state index < -0.39 is 0 Å². The van der Waals surface area contributed by atoms with Gasteiger partial charge in [0.05, 0.1) is 6.04 Å². The first-order chi connectivity index (χ1) is 14.0. The fourth-order valence-electron chi connectivity index (χ4n) is 4.73. The van der Waals surface area contributed by atoms with Crippen molar-refractivity contribution >= 4 is 17.3 Å². The van der Waals surface area contributed by atoms with Crippen molar-refractivity contribution in [1.82, 2.24) is 4.90 Å². The van der Waals surface area contributed by atoms with Crippen molar-refractivity contribution < 1.29 is 4.79 Å². The molecule has 3 unspecified atom stereocenters. The van der Waals surface area contributed by atoms with Gasteiger partial charge in [0.25, 0.3) is 5.91 Å². The average Bonchev–Trinajstić information content (AvgIpc) is 3.24. The van der Waals surface area contributed by atoms with Crippen LogP contribution in [0.5, 0.6) is 0 Å². The van der Waals surface area contributed by atoms with E-state index in [2.05, 4.69) is 72.9 Å². The van der Waals surface area contributed by atoms with Crippen LogP contribution in [0.1, 0.15) is 53.7 Å². The van der Waals surface area contributed by atoms with E-state index in [4.69, 9.17) is 0 Å².